The van der Waals surface area contributed by atoms with Crippen LogP contribution in [0, 0.1) is 6.92 Å². The minimum Gasteiger partial charge on any atom is -0.365 e. The molecule has 102 valence electrons. The van der Waals surface area contributed by atoms with E-state index in [4.69, 9.17) is 5.73 Å². The molecule has 0 saturated heterocycles. The molecule has 19 heavy (non-hydrogen) atoms. The first-order chi connectivity index (χ1) is 9.06. The third-order valence-electron chi connectivity index (χ3n) is 3.28. The highest BCUT2D eigenvalue weighted by Gasteiger charge is 2.20. The average molecular weight is 277 g/mol. The van der Waals surface area contributed by atoms with E-state index in [2.05, 4.69) is 12.0 Å². The van der Waals surface area contributed by atoms with Crippen molar-refractivity contribution in [2.75, 3.05) is 0 Å². The Balaban J connectivity index is 2.56. The molecule has 2 aromatic rings. The first kappa shape index (κ1) is 13.8. The van der Waals surface area contributed by atoms with Crippen LogP contribution in [0.25, 0.3) is 11.3 Å². The van der Waals surface area contributed by atoms with Crippen molar-refractivity contribution in [3.05, 3.63) is 27.6 Å². The number of aromatic nitrogens is 2. The van der Waals surface area contributed by atoms with Gasteiger partial charge in [0.15, 0.2) is 0 Å². The lowest BCUT2D eigenvalue weighted by Crippen LogP contribution is -2.10. The predicted octanol–water partition coefficient (Wildman–Crippen LogP) is 2.90. The second-order valence-corrected chi connectivity index (χ2v) is 5.77. The zero-order valence-corrected chi connectivity index (χ0v) is 12.4. The molecular formula is C14H19N3OS. The lowest BCUT2D eigenvalue weighted by atomic mass is 10.0. The van der Waals surface area contributed by atoms with Gasteiger partial charge in [-0.1, -0.05) is 13.3 Å². The van der Waals surface area contributed by atoms with Crippen molar-refractivity contribution >= 4 is 17.2 Å². The number of nitrogens with two attached hydrogens (primary N) is 1. The van der Waals surface area contributed by atoms with Crippen LogP contribution in [-0.2, 0) is 13.5 Å². The van der Waals surface area contributed by atoms with Crippen LogP contribution in [-0.4, -0.2) is 15.7 Å². The summed E-state index contributed by atoms with van der Waals surface area (Å²) in [5.74, 6) is -0.339. The van der Waals surface area contributed by atoms with Gasteiger partial charge in [-0.3, -0.25) is 9.48 Å². The summed E-state index contributed by atoms with van der Waals surface area (Å²) in [6.45, 7) is 4.13. The van der Waals surface area contributed by atoms with Gasteiger partial charge >= 0.3 is 0 Å². The molecule has 2 heterocycles. The SMILES string of the molecule is CCCCc1sc(C(N)=O)c(C)c1-c1ccnn1C. The molecule has 0 aliphatic rings. The molecular weight excluding hydrogens is 258 g/mol. The number of carbonyl (C=O) groups is 1. The van der Waals surface area contributed by atoms with Crippen molar-refractivity contribution in [2.24, 2.45) is 12.8 Å². The van der Waals surface area contributed by atoms with Crippen LogP contribution in [0.3, 0.4) is 0 Å². The summed E-state index contributed by atoms with van der Waals surface area (Å²) < 4.78 is 1.84. The largest absolute Gasteiger partial charge is 0.365 e. The first-order valence-electron chi connectivity index (χ1n) is 6.46. The molecule has 0 bridgehead atoms. The van der Waals surface area contributed by atoms with Crippen LogP contribution in [0.1, 0.15) is 39.9 Å². The number of unbranched alkanes of at least 4 members (excludes halogenated alkanes) is 1. The molecule has 0 fully saturated rings. The Hall–Kier alpha value is -1.62. The Labute approximate surface area is 117 Å². The fourth-order valence-electron chi connectivity index (χ4n) is 2.28. The Morgan fingerprint density at radius 2 is 2.26 bits per heavy atom. The minimum absolute atomic E-state index is 0.339. The van der Waals surface area contributed by atoms with Gasteiger partial charge in [0.25, 0.3) is 5.91 Å². The Kier molecular flexibility index (Phi) is 4.04. The molecule has 0 aliphatic carbocycles. The Morgan fingerprint density at radius 1 is 1.53 bits per heavy atom. The lowest BCUT2D eigenvalue weighted by Gasteiger charge is -2.06. The Morgan fingerprint density at radius 3 is 2.79 bits per heavy atom. The molecule has 2 N–H and O–H groups in total. The maximum absolute atomic E-state index is 11.5. The van der Waals surface area contributed by atoms with E-state index >= 15 is 0 Å². The van der Waals surface area contributed by atoms with Crippen LogP contribution >= 0.6 is 11.3 Å². The van der Waals surface area contributed by atoms with Crippen LogP contribution in [0.2, 0.25) is 0 Å². The fourth-order valence-corrected chi connectivity index (χ4v) is 3.48. The number of hydrogen-bond acceptors (Lipinski definition) is 3. The quantitative estimate of drug-likeness (QED) is 0.913. The highest BCUT2D eigenvalue weighted by molar-refractivity contribution is 7.14. The Bertz CT molecular complexity index is 598. The van der Waals surface area contributed by atoms with Crippen LogP contribution in [0.15, 0.2) is 12.3 Å². The van der Waals surface area contributed by atoms with Gasteiger partial charge in [-0.25, -0.2) is 0 Å². The van der Waals surface area contributed by atoms with E-state index in [-0.39, 0.29) is 5.91 Å². The van der Waals surface area contributed by atoms with Crippen molar-refractivity contribution in [2.45, 2.75) is 33.1 Å². The molecule has 0 atom stereocenters. The number of primary amides is 1. The molecule has 0 radical (unpaired) electrons. The number of hydrogen-bond donors (Lipinski definition) is 1. The van der Waals surface area contributed by atoms with Gasteiger partial charge in [-0.2, -0.15) is 5.10 Å². The van der Waals surface area contributed by atoms with E-state index in [0.29, 0.717) is 4.88 Å². The van der Waals surface area contributed by atoms with E-state index in [9.17, 15) is 4.79 Å². The summed E-state index contributed by atoms with van der Waals surface area (Å²) in [6.07, 6.45) is 5.01. The average Bonchev–Trinajstić information content (AvgIpc) is 2.90. The zero-order valence-electron chi connectivity index (χ0n) is 11.6. The van der Waals surface area contributed by atoms with Crippen molar-refractivity contribution < 1.29 is 4.79 Å². The fraction of sp³-hybridized carbons (Fsp3) is 0.429. The van der Waals surface area contributed by atoms with E-state index in [0.717, 1.165) is 36.1 Å². The minimum atomic E-state index is -0.339. The molecule has 2 aromatic heterocycles. The van der Waals surface area contributed by atoms with Gasteiger partial charge < -0.3 is 5.73 Å². The summed E-state index contributed by atoms with van der Waals surface area (Å²) in [5.41, 5.74) is 8.63. The summed E-state index contributed by atoms with van der Waals surface area (Å²) >= 11 is 1.53. The molecule has 2 rings (SSSR count). The van der Waals surface area contributed by atoms with Gasteiger partial charge in [0.1, 0.15) is 0 Å². The second kappa shape index (κ2) is 5.57. The molecule has 0 spiro atoms. The second-order valence-electron chi connectivity index (χ2n) is 4.66. The summed E-state index contributed by atoms with van der Waals surface area (Å²) in [7, 11) is 1.92. The molecule has 0 aliphatic heterocycles. The van der Waals surface area contributed by atoms with Gasteiger partial charge in [0, 0.05) is 23.7 Å². The van der Waals surface area contributed by atoms with Crippen molar-refractivity contribution in [1.82, 2.24) is 9.78 Å². The van der Waals surface area contributed by atoms with Gasteiger partial charge in [0.05, 0.1) is 10.6 Å². The molecule has 0 saturated carbocycles. The normalized spacial score (nSPS) is 10.9. The molecule has 5 heteroatoms. The molecule has 0 aromatic carbocycles. The van der Waals surface area contributed by atoms with E-state index in [1.54, 1.807) is 6.20 Å². The van der Waals surface area contributed by atoms with E-state index in [1.807, 2.05) is 24.7 Å². The summed E-state index contributed by atoms with van der Waals surface area (Å²) in [6, 6.07) is 1.98. The van der Waals surface area contributed by atoms with Gasteiger partial charge in [-0.05, 0) is 31.4 Å². The number of aryl methyl sites for hydroxylation is 2. The number of carbonyl (C=O) groups excluding carboxylic acids is 1. The van der Waals surface area contributed by atoms with Crippen molar-refractivity contribution in [1.29, 1.82) is 0 Å². The summed E-state index contributed by atoms with van der Waals surface area (Å²) in [5, 5.41) is 4.21. The van der Waals surface area contributed by atoms with Crippen molar-refractivity contribution in [3.8, 4) is 11.3 Å². The number of nitrogens with zero attached hydrogens (tertiary/aromatic N) is 2. The number of thiophene rings is 1. The highest BCUT2D eigenvalue weighted by Crippen LogP contribution is 2.36. The van der Waals surface area contributed by atoms with E-state index < -0.39 is 0 Å². The monoisotopic (exact) mass is 277 g/mol. The van der Waals surface area contributed by atoms with Gasteiger partial charge in [0.2, 0.25) is 0 Å². The molecule has 1 amide bonds. The van der Waals surface area contributed by atoms with E-state index in [1.165, 1.54) is 16.2 Å². The summed E-state index contributed by atoms with van der Waals surface area (Å²) in [4.78, 5) is 13.4. The third-order valence-corrected chi connectivity index (χ3v) is 4.64. The van der Waals surface area contributed by atoms with Gasteiger partial charge in [-0.15, -0.1) is 11.3 Å². The maximum Gasteiger partial charge on any atom is 0.259 e. The number of amides is 1. The van der Waals surface area contributed by atoms with Crippen LogP contribution in [0.4, 0.5) is 0 Å². The predicted molar refractivity (Wildman–Crippen MR) is 78.4 cm³/mol. The lowest BCUT2D eigenvalue weighted by molar-refractivity contribution is 0.100. The van der Waals surface area contributed by atoms with Crippen LogP contribution < -0.4 is 5.73 Å². The first-order valence-corrected chi connectivity index (χ1v) is 7.28. The topological polar surface area (TPSA) is 60.9 Å². The zero-order chi connectivity index (χ0) is 14.0. The number of rotatable bonds is 5. The molecule has 4 nitrogen and oxygen atoms in total. The molecule has 0 unspecified atom stereocenters. The van der Waals surface area contributed by atoms with Crippen molar-refractivity contribution in [3.63, 3.8) is 0 Å². The maximum atomic E-state index is 11.5. The third kappa shape index (κ3) is 2.56. The smallest absolute Gasteiger partial charge is 0.259 e. The standard InChI is InChI=1S/C14H19N3OS/c1-4-5-6-11-12(10-7-8-16-17(10)3)9(2)13(19-11)14(15)18/h7-8H,4-6H2,1-3H3,(H2,15,18). The van der Waals surface area contributed by atoms with Crippen LogP contribution in [0.5, 0.6) is 0 Å². The highest BCUT2D eigenvalue weighted by atomic mass is 32.1.